The topological polar surface area (TPSA) is 78.4 Å². The molecule has 0 atom stereocenters. The number of aromatic nitrogens is 2. The van der Waals surface area contributed by atoms with E-state index in [4.69, 9.17) is 0 Å². The predicted octanol–water partition coefficient (Wildman–Crippen LogP) is 2.96. The van der Waals surface area contributed by atoms with E-state index in [9.17, 15) is 8.42 Å². The van der Waals surface area contributed by atoms with Crippen LogP contribution in [0.1, 0.15) is 32.3 Å². The van der Waals surface area contributed by atoms with E-state index in [1.807, 2.05) is 12.1 Å². The SMILES string of the molecule is CCN1CCN(c2ncc(NS(=O)(=O)c3ccc(C(C)C)cc3)cn2)CC1.Cl. The second-order valence-electron chi connectivity index (χ2n) is 7.02. The molecule has 2 heterocycles. The van der Waals surface area contributed by atoms with E-state index in [-0.39, 0.29) is 17.3 Å². The molecule has 1 aromatic heterocycles. The van der Waals surface area contributed by atoms with Crippen LogP contribution in [0.2, 0.25) is 0 Å². The lowest BCUT2D eigenvalue weighted by molar-refractivity contribution is 0.270. The van der Waals surface area contributed by atoms with E-state index in [2.05, 4.69) is 45.3 Å². The number of halogens is 1. The molecule has 0 amide bonds. The number of anilines is 2. The highest BCUT2D eigenvalue weighted by atomic mass is 35.5. The van der Waals surface area contributed by atoms with Crippen LogP contribution in [0.3, 0.4) is 0 Å². The van der Waals surface area contributed by atoms with Gasteiger partial charge in [0, 0.05) is 26.2 Å². The zero-order valence-corrected chi connectivity index (χ0v) is 18.1. The highest BCUT2D eigenvalue weighted by Crippen LogP contribution is 2.20. The summed E-state index contributed by atoms with van der Waals surface area (Å²) in [4.78, 5) is 13.4. The summed E-state index contributed by atoms with van der Waals surface area (Å²) in [5.41, 5.74) is 1.46. The van der Waals surface area contributed by atoms with Crippen molar-refractivity contribution < 1.29 is 8.42 Å². The van der Waals surface area contributed by atoms with Gasteiger partial charge in [-0.2, -0.15) is 0 Å². The summed E-state index contributed by atoms with van der Waals surface area (Å²) >= 11 is 0. The third-order valence-corrected chi connectivity index (χ3v) is 6.25. The van der Waals surface area contributed by atoms with E-state index in [1.54, 1.807) is 12.1 Å². The highest BCUT2D eigenvalue weighted by Gasteiger charge is 2.19. The molecule has 3 rings (SSSR count). The number of nitrogens with zero attached hydrogens (tertiary/aromatic N) is 4. The van der Waals surface area contributed by atoms with Gasteiger partial charge in [0.2, 0.25) is 5.95 Å². The highest BCUT2D eigenvalue weighted by molar-refractivity contribution is 7.92. The van der Waals surface area contributed by atoms with Crippen molar-refractivity contribution in [2.45, 2.75) is 31.6 Å². The number of nitrogens with one attached hydrogen (secondary N) is 1. The van der Waals surface area contributed by atoms with Gasteiger partial charge in [0.05, 0.1) is 23.0 Å². The molecule has 0 radical (unpaired) electrons. The maximum atomic E-state index is 12.6. The van der Waals surface area contributed by atoms with Gasteiger partial charge in [-0.25, -0.2) is 18.4 Å². The van der Waals surface area contributed by atoms with Gasteiger partial charge in [-0.05, 0) is 30.2 Å². The van der Waals surface area contributed by atoms with E-state index in [0.717, 1.165) is 38.3 Å². The molecule has 9 heteroatoms. The van der Waals surface area contributed by atoms with Gasteiger partial charge in [0.1, 0.15) is 0 Å². The van der Waals surface area contributed by atoms with Gasteiger partial charge < -0.3 is 9.80 Å². The molecule has 154 valence electrons. The fourth-order valence-corrected chi connectivity index (χ4v) is 4.08. The largest absolute Gasteiger partial charge is 0.338 e. The molecule has 28 heavy (non-hydrogen) atoms. The van der Waals surface area contributed by atoms with Crippen LogP contribution >= 0.6 is 12.4 Å². The Hall–Kier alpha value is -1.90. The molecule has 1 aliphatic heterocycles. The summed E-state index contributed by atoms with van der Waals surface area (Å²) in [5, 5.41) is 0. The maximum absolute atomic E-state index is 12.6. The van der Waals surface area contributed by atoms with Crippen LogP contribution in [-0.2, 0) is 10.0 Å². The number of hydrogen-bond donors (Lipinski definition) is 1. The van der Waals surface area contributed by atoms with E-state index in [1.165, 1.54) is 12.4 Å². The third-order valence-electron chi connectivity index (χ3n) is 4.85. The minimum Gasteiger partial charge on any atom is -0.338 e. The van der Waals surface area contributed by atoms with E-state index in [0.29, 0.717) is 17.6 Å². The van der Waals surface area contributed by atoms with Crippen LogP contribution in [0.4, 0.5) is 11.6 Å². The summed E-state index contributed by atoms with van der Waals surface area (Å²) < 4.78 is 27.7. The van der Waals surface area contributed by atoms with Crippen LogP contribution in [0.15, 0.2) is 41.6 Å². The van der Waals surface area contributed by atoms with Crippen molar-refractivity contribution in [2.24, 2.45) is 0 Å². The molecule has 2 aromatic rings. The molecule has 0 spiro atoms. The molecular formula is C19H28ClN5O2S. The monoisotopic (exact) mass is 425 g/mol. The Morgan fingerprint density at radius 3 is 2.11 bits per heavy atom. The molecule has 0 aliphatic carbocycles. The van der Waals surface area contributed by atoms with Crippen molar-refractivity contribution in [1.82, 2.24) is 14.9 Å². The Morgan fingerprint density at radius 2 is 1.61 bits per heavy atom. The first-order valence-corrected chi connectivity index (χ1v) is 10.8. The Kier molecular flexibility index (Phi) is 7.63. The lowest BCUT2D eigenvalue weighted by atomic mass is 10.0. The molecule has 7 nitrogen and oxygen atoms in total. The van der Waals surface area contributed by atoms with Crippen LogP contribution in [0, 0.1) is 0 Å². The first-order valence-electron chi connectivity index (χ1n) is 9.31. The quantitative estimate of drug-likeness (QED) is 0.766. The van der Waals surface area contributed by atoms with Gasteiger partial charge in [-0.1, -0.05) is 32.9 Å². The molecule has 1 saturated heterocycles. The summed E-state index contributed by atoms with van der Waals surface area (Å²) in [6.07, 6.45) is 3.04. The van der Waals surface area contributed by atoms with Gasteiger partial charge >= 0.3 is 0 Å². The minimum atomic E-state index is -3.65. The van der Waals surface area contributed by atoms with Crippen LogP contribution in [0.5, 0.6) is 0 Å². The van der Waals surface area contributed by atoms with E-state index >= 15 is 0 Å². The molecular weight excluding hydrogens is 398 g/mol. The van der Waals surface area contributed by atoms with Crippen molar-refractivity contribution in [3.8, 4) is 0 Å². The number of likely N-dealkylation sites (N-methyl/N-ethyl adjacent to an activating group) is 1. The van der Waals surface area contributed by atoms with Crippen molar-refractivity contribution >= 4 is 34.1 Å². The summed E-state index contributed by atoms with van der Waals surface area (Å²) in [6, 6.07) is 6.93. The minimum absolute atomic E-state index is 0. The molecule has 0 unspecified atom stereocenters. The fraction of sp³-hybridized carbons (Fsp3) is 0.474. The van der Waals surface area contributed by atoms with Gasteiger partial charge in [-0.15, -0.1) is 12.4 Å². The lowest BCUT2D eigenvalue weighted by Gasteiger charge is -2.33. The molecule has 0 saturated carbocycles. The number of piperazine rings is 1. The first-order chi connectivity index (χ1) is 12.9. The smallest absolute Gasteiger partial charge is 0.261 e. The van der Waals surface area contributed by atoms with Crippen LogP contribution in [0.25, 0.3) is 0 Å². The number of sulfonamides is 1. The molecule has 1 aliphatic rings. The maximum Gasteiger partial charge on any atom is 0.261 e. The molecule has 1 N–H and O–H groups in total. The summed E-state index contributed by atoms with van der Waals surface area (Å²) in [5.74, 6) is 0.991. The molecule has 1 fully saturated rings. The van der Waals surface area contributed by atoms with E-state index < -0.39 is 10.0 Å². The van der Waals surface area contributed by atoms with Crippen molar-refractivity contribution in [3.63, 3.8) is 0 Å². The fourth-order valence-electron chi connectivity index (χ4n) is 3.05. The van der Waals surface area contributed by atoms with Crippen LogP contribution < -0.4 is 9.62 Å². The standard InChI is InChI=1S/C19H27N5O2S.ClH/c1-4-23-9-11-24(12-10-23)19-20-13-17(14-21-19)22-27(25,26)18-7-5-16(6-8-18)15(2)3;/h5-8,13-15,22H,4,9-12H2,1-3H3;1H. The normalized spacial score (nSPS) is 15.4. The average molecular weight is 426 g/mol. The average Bonchev–Trinajstić information content (AvgIpc) is 2.68. The van der Waals surface area contributed by atoms with Gasteiger partial charge in [0.15, 0.2) is 0 Å². The zero-order valence-electron chi connectivity index (χ0n) is 16.5. The first kappa shape index (κ1) is 22.4. The van der Waals surface area contributed by atoms with Crippen LogP contribution in [-0.4, -0.2) is 56.0 Å². The second-order valence-corrected chi connectivity index (χ2v) is 8.70. The lowest BCUT2D eigenvalue weighted by Crippen LogP contribution is -2.46. The van der Waals surface area contributed by atoms with Gasteiger partial charge in [-0.3, -0.25) is 4.72 Å². The summed E-state index contributed by atoms with van der Waals surface area (Å²) in [6.45, 7) is 11.1. The van der Waals surface area contributed by atoms with Crippen molar-refractivity contribution in [1.29, 1.82) is 0 Å². The van der Waals surface area contributed by atoms with Gasteiger partial charge in [0.25, 0.3) is 10.0 Å². The number of benzene rings is 1. The Labute approximate surface area is 173 Å². The Balaban J connectivity index is 0.00000280. The predicted molar refractivity (Wildman–Crippen MR) is 115 cm³/mol. The Morgan fingerprint density at radius 1 is 1.04 bits per heavy atom. The molecule has 0 bridgehead atoms. The third kappa shape index (κ3) is 5.33. The second kappa shape index (κ2) is 9.54. The molecule has 1 aromatic carbocycles. The Bertz CT molecular complexity index is 849. The zero-order chi connectivity index (χ0) is 19.4. The van der Waals surface area contributed by atoms with Crippen molar-refractivity contribution in [3.05, 3.63) is 42.2 Å². The number of hydrogen-bond acceptors (Lipinski definition) is 6. The number of rotatable bonds is 6. The van der Waals surface area contributed by atoms with Crippen molar-refractivity contribution in [2.75, 3.05) is 42.3 Å². The summed E-state index contributed by atoms with van der Waals surface area (Å²) in [7, 11) is -3.65.